The highest BCUT2D eigenvalue weighted by molar-refractivity contribution is 5.75. The van der Waals surface area contributed by atoms with E-state index < -0.39 is 0 Å². The lowest BCUT2D eigenvalue weighted by atomic mass is 10.1. The molecular formula is C22H29NO3. The normalized spacial score (nSPS) is 10.4. The zero-order valence-electron chi connectivity index (χ0n) is 15.8. The molecule has 2 aromatic carbocycles. The molecule has 0 aliphatic rings. The van der Waals surface area contributed by atoms with Crippen molar-refractivity contribution in [3.8, 4) is 11.5 Å². The van der Waals surface area contributed by atoms with Crippen LogP contribution in [0.1, 0.15) is 37.3 Å². The number of aryl methyl sites for hydroxylation is 2. The van der Waals surface area contributed by atoms with Crippen molar-refractivity contribution in [2.45, 2.75) is 39.5 Å². The van der Waals surface area contributed by atoms with Crippen molar-refractivity contribution in [3.05, 3.63) is 59.7 Å². The van der Waals surface area contributed by atoms with Crippen LogP contribution in [0, 0.1) is 6.92 Å². The second-order valence-electron chi connectivity index (χ2n) is 6.36. The van der Waals surface area contributed by atoms with E-state index in [1.165, 1.54) is 11.1 Å². The molecule has 4 nitrogen and oxygen atoms in total. The number of hydrogen-bond donors (Lipinski definition) is 1. The first-order valence-electron chi connectivity index (χ1n) is 9.35. The van der Waals surface area contributed by atoms with Crippen LogP contribution >= 0.6 is 0 Å². The Morgan fingerprint density at radius 1 is 0.923 bits per heavy atom. The number of nitrogens with one attached hydrogen (secondary N) is 1. The summed E-state index contributed by atoms with van der Waals surface area (Å²) in [6.07, 6.45) is 3.38. The summed E-state index contributed by atoms with van der Waals surface area (Å²) in [6, 6.07) is 16.1. The van der Waals surface area contributed by atoms with Gasteiger partial charge in [-0.05, 0) is 49.6 Å². The summed E-state index contributed by atoms with van der Waals surface area (Å²) in [4.78, 5) is 11.8. The third-order valence-electron chi connectivity index (χ3n) is 3.99. The van der Waals surface area contributed by atoms with E-state index in [2.05, 4.69) is 24.4 Å². The quantitative estimate of drug-likeness (QED) is 0.611. The van der Waals surface area contributed by atoms with Crippen molar-refractivity contribution < 1.29 is 14.3 Å². The highest BCUT2D eigenvalue weighted by atomic mass is 16.5. The molecule has 0 unspecified atom stereocenters. The fourth-order valence-corrected chi connectivity index (χ4v) is 2.55. The average Bonchev–Trinajstić information content (AvgIpc) is 2.65. The van der Waals surface area contributed by atoms with Gasteiger partial charge in [0.25, 0.3) is 0 Å². The van der Waals surface area contributed by atoms with Gasteiger partial charge in [0.15, 0.2) is 0 Å². The van der Waals surface area contributed by atoms with E-state index in [1.807, 2.05) is 43.3 Å². The van der Waals surface area contributed by atoms with Gasteiger partial charge in [0.05, 0.1) is 13.2 Å². The fraction of sp³-hybridized carbons (Fsp3) is 0.409. The number of benzene rings is 2. The minimum absolute atomic E-state index is 0.0272. The molecule has 26 heavy (non-hydrogen) atoms. The van der Waals surface area contributed by atoms with Gasteiger partial charge in [-0.15, -0.1) is 0 Å². The largest absolute Gasteiger partial charge is 0.494 e. The molecule has 0 fully saturated rings. The van der Waals surface area contributed by atoms with Gasteiger partial charge in [-0.3, -0.25) is 4.79 Å². The molecule has 140 valence electrons. The van der Waals surface area contributed by atoms with E-state index in [4.69, 9.17) is 9.47 Å². The predicted molar refractivity (Wildman–Crippen MR) is 105 cm³/mol. The molecule has 4 heteroatoms. The summed E-state index contributed by atoms with van der Waals surface area (Å²) in [7, 11) is 0. The maximum absolute atomic E-state index is 11.8. The molecule has 0 radical (unpaired) electrons. The topological polar surface area (TPSA) is 47.6 Å². The van der Waals surface area contributed by atoms with Crippen molar-refractivity contribution >= 4 is 5.91 Å². The number of amides is 1. The van der Waals surface area contributed by atoms with Gasteiger partial charge in [0.2, 0.25) is 5.91 Å². The molecule has 0 aromatic heterocycles. The zero-order chi connectivity index (χ0) is 18.6. The molecule has 1 N–H and O–H groups in total. The van der Waals surface area contributed by atoms with E-state index in [-0.39, 0.29) is 5.91 Å². The Balaban J connectivity index is 1.52. The third-order valence-corrected chi connectivity index (χ3v) is 3.99. The van der Waals surface area contributed by atoms with Gasteiger partial charge < -0.3 is 14.8 Å². The summed E-state index contributed by atoms with van der Waals surface area (Å²) in [6.45, 7) is 5.73. The van der Waals surface area contributed by atoms with Gasteiger partial charge in [0.1, 0.15) is 18.1 Å². The second kappa shape index (κ2) is 11.2. The fourth-order valence-electron chi connectivity index (χ4n) is 2.55. The first kappa shape index (κ1) is 19.8. The standard InChI is InChI=1S/C22H29NO3/c1-3-5-19-9-13-21(14-10-19)26-17-15-23-22(24)6-4-16-25-20-11-7-18(2)8-12-20/h7-14H,3-6,15-17H2,1-2H3,(H,23,24). The summed E-state index contributed by atoms with van der Waals surface area (Å²) in [5, 5.41) is 2.87. The lowest BCUT2D eigenvalue weighted by Crippen LogP contribution is -2.28. The molecule has 1 amide bonds. The van der Waals surface area contributed by atoms with Crippen LogP contribution in [0.25, 0.3) is 0 Å². The van der Waals surface area contributed by atoms with Crippen LogP contribution in [0.4, 0.5) is 0 Å². The molecule has 0 aliphatic carbocycles. The Morgan fingerprint density at radius 2 is 1.54 bits per heavy atom. The molecule has 0 saturated heterocycles. The van der Waals surface area contributed by atoms with Gasteiger partial charge >= 0.3 is 0 Å². The van der Waals surface area contributed by atoms with Crippen LogP contribution in [0.15, 0.2) is 48.5 Å². The van der Waals surface area contributed by atoms with E-state index in [9.17, 15) is 4.79 Å². The Hall–Kier alpha value is -2.49. The minimum Gasteiger partial charge on any atom is -0.494 e. The second-order valence-corrected chi connectivity index (χ2v) is 6.36. The predicted octanol–water partition coefficient (Wildman–Crippen LogP) is 4.30. The maximum Gasteiger partial charge on any atom is 0.220 e. The molecule has 0 heterocycles. The van der Waals surface area contributed by atoms with Crippen molar-refractivity contribution in [2.75, 3.05) is 19.8 Å². The van der Waals surface area contributed by atoms with Crippen LogP contribution in [-0.2, 0) is 11.2 Å². The van der Waals surface area contributed by atoms with Crippen molar-refractivity contribution in [1.29, 1.82) is 0 Å². The van der Waals surface area contributed by atoms with Gasteiger partial charge in [-0.1, -0.05) is 43.2 Å². The van der Waals surface area contributed by atoms with Gasteiger partial charge in [-0.25, -0.2) is 0 Å². The van der Waals surface area contributed by atoms with Gasteiger partial charge in [0, 0.05) is 6.42 Å². The van der Waals surface area contributed by atoms with Crippen LogP contribution < -0.4 is 14.8 Å². The van der Waals surface area contributed by atoms with Crippen LogP contribution in [0.5, 0.6) is 11.5 Å². The Labute approximate surface area is 156 Å². The number of ether oxygens (including phenoxy) is 2. The zero-order valence-corrected chi connectivity index (χ0v) is 15.8. The van der Waals surface area contributed by atoms with E-state index in [0.717, 1.165) is 24.3 Å². The molecular weight excluding hydrogens is 326 g/mol. The number of hydrogen-bond acceptors (Lipinski definition) is 3. The van der Waals surface area contributed by atoms with Crippen LogP contribution in [0.3, 0.4) is 0 Å². The highest BCUT2D eigenvalue weighted by Crippen LogP contribution is 2.13. The number of carbonyl (C=O) groups excluding carboxylic acids is 1. The first-order valence-corrected chi connectivity index (χ1v) is 9.35. The lowest BCUT2D eigenvalue weighted by Gasteiger charge is -2.09. The Morgan fingerprint density at radius 3 is 2.19 bits per heavy atom. The van der Waals surface area contributed by atoms with E-state index >= 15 is 0 Å². The number of rotatable bonds is 11. The smallest absolute Gasteiger partial charge is 0.220 e. The van der Waals surface area contributed by atoms with Crippen molar-refractivity contribution in [2.24, 2.45) is 0 Å². The summed E-state index contributed by atoms with van der Waals surface area (Å²) < 4.78 is 11.3. The summed E-state index contributed by atoms with van der Waals surface area (Å²) in [5.41, 5.74) is 2.52. The molecule has 0 atom stereocenters. The third kappa shape index (κ3) is 7.60. The molecule has 2 rings (SSSR count). The minimum atomic E-state index is 0.0272. The van der Waals surface area contributed by atoms with Gasteiger partial charge in [-0.2, -0.15) is 0 Å². The molecule has 2 aromatic rings. The first-order chi connectivity index (χ1) is 12.7. The van der Waals surface area contributed by atoms with Crippen molar-refractivity contribution in [1.82, 2.24) is 5.32 Å². The highest BCUT2D eigenvalue weighted by Gasteiger charge is 2.02. The summed E-state index contributed by atoms with van der Waals surface area (Å²) in [5.74, 6) is 1.71. The number of carbonyl (C=O) groups is 1. The molecule has 0 bridgehead atoms. The van der Waals surface area contributed by atoms with Crippen LogP contribution in [0.2, 0.25) is 0 Å². The monoisotopic (exact) mass is 355 g/mol. The average molecular weight is 355 g/mol. The van der Waals surface area contributed by atoms with Crippen molar-refractivity contribution in [3.63, 3.8) is 0 Å². The molecule has 0 saturated carbocycles. The maximum atomic E-state index is 11.8. The molecule has 0 aliphatic heterocycles. The summed E-state index contributed by atoms with van der Waals surface area (Å²) >= 11 is 0. The SMILES string of the molecule is CCCc1ccc(OCCNC(=O)CCCOc2ccc(C)cc2)cc1. The lowest BCUT2D eigenvalue weighted by molar-refractivity contribution is -0.121. The van der Waals surface area contributed by atoms with Crippen LogP contribution in [-0.4, -0.2) is 25.7 Å². The van der Waals surface area contributed by atoms with E-state index in [0.29, 0.717) is 32.6 Å². The Bertz CT molecular complexity index is 650. The van der Waals surface area contributed by atoms with E-state index in [1.54, 1.807) is 0 Å². The Kier molecular flexibility index (Phi) is 8.53. The molecule has 0 spiro atoms.